The Morgan fingerprint density at radius 3 is 2.75 bits per heavy atom. The fourth-order valence-electron chi connectivity index (χ4n) is 1.69. The Kier molecular flexibility index (Phi) is 5.68. The molecule has 4 nitrogen and oxygen atoms in total. The zero-order chi connectivity index (χ0) is 14.2. The molecule has 106 valence electrons. The van der Waals surface area contributed by atoms with Gasteiger partial charge in [-0.05, 0) is 26.0 Å². The summed E-state index contributed by atoms with van der Waals surface area (Å²) in [6, 6.07) is 12.2. The average Bonchev–Trinajstić information content (AvgIpc) is 2.45. The van der Waals surface area contributed by atoms with Crippen molar-refractivity contribution in [3.05, 3.63) is 42.1 Å². The zero-order valence-electron chi connectivity index (χ0n) is 11.8. The number of rotatable bonds is 7. The lowest BCUT2D eigenvalue weighted by molar-refractivity contribution is 0.326. The van der Waals surface area contributed by atoms with Gasteiger partial charge in [0.1, 0.15) is 0 Å². The molecule has 0 fully saturated rings. The van der Waals surface area contributed by atoms with Crippen molar-refractivity contribution < 1.29 is 4.74 Å². The minimum atomic E-state index is 0.611. The molecule has 2 aromatic rings. The minimum Gasteiger partial charge on any atom is -0.478 e. The van der Waals surface area contributed by atoms with Gasteiger partial charge >= 0.3 is 0 Å². The Hall–Kier alpha value is -1.75. The molecule has 0 saturated carbocycles. The maximum absolute atomic E-state index is 5.41. The Labute approximate surface area is 124 Å². The average molecular weight is 289 g/mol. The molecule has 0 radical (unpaired) electrons. The Morgan fingerprint density at radius 1 is 1.20 bits per heavy atom. The van der Waals surface area contributed by atoms with Crippen LogP contribution in [0.15, 0.2) is 41.3 Å². The highest BCUT2D eigenvalue weighted by atomic mass is 32.2. The molecule has 0 unspecified atom stereocenters. The third kappa shape index (κ3) is 4.74. The molecule has 0 bridgehead atoms. The van der Waals surface area contributed by atoms with Crippen LogP contribution in [0.1, 0.15) is 12.6 Å². The number of anilines is 1. The van der Waals surface area contributed by atoms with Gasteiger partial charge in [0.2, 0.25) is 11.8 Å². The third-order valence-electron chi connectivity index (χ3n) is 2.52. The van der Waals surface area contributed by atoms with Crippen LogP contribution in [-0.2, 0) is 0 Å². The highest BCUT2D eigenvalue weighted by Gasteiger charge is 2.02. The summed E-state index contributed by atoms with van der Waals surface area (Å²) < 4.78 is 5.41. The summed E-state index contributed by atoms with van der Waals surface area (Å²) >= 11 is 1.81. The van der Waals surface area contributed by atoms with E-state index in [9.17, 15) is 0 Å². The molecule has 0 spiro atoms. The maximum Gasteiger partial charge on any atom is 0.226 e. The molecule has 20 heavy (non-hydrogen) atoms. The van der Waals surface area contributed by atoms with Crippen LogP contribution < -0.4 is 10.1 Å². The molecule has 0 aliphatic rings. The highest BCUT2D eigenvalue weighted by Crippen LogP contribution is 2.17. The minimum absolute atomic E-state index is 0.611. The van der Waals surface area contributed by atoms with Crippen LogP contribution in [0.25, 0.3) is 0 Å². The quantitative estimate of drug-likeness (QED) is 0.625. The Balaban J connectivity index is 1.81. The van der Waals surface area contributed by atoms with E-state index in [0.29, 0.717) is 18.4 Å². The van der Waals surface area contributed by atoms with E-state index < -0.39 is 0 Å². The van der Waals surface area contributed by atoms with Crippen LogP contribution >= 0.6 is 11.8 Å². The van der Waals surface area contributed by atoms with Gasteiger partial charge < -0.3 is 10.1 Å². The number of thioether (sulfide) groups is 1. The molecule has 1 aromatic heterocycles. The second-order valence-corrected chi connectivity index (χ2v) is 5.36. The van der Waals surface area contributed by atoms with Gasteiger partial charge in [0, 0.05) is 29.0 Å². The van der Waals surface area contributed by atoms with E-state index in [2.05, 4.69) is 27.4 Å². The van der Waals surface area contributed by atoms with Crippen LogP contribution in [0.2, 0.25) is 0 Å². The SMILES string of the molecule is CCOc1cc(C)nc(NCCSc2ccccc2)n1. The fourth-order valence-corrected chi connectivity index (χ4v) is 2.48. The van der Waals surface area contributed by atoms with E-state index in [-0.39, 0.29) is 0 Å². The molecule has 0 aliphatic carbocycles. The predicted octanol–water partition coefficient (Wildman–Crippen LogP) is 3.39. The normalized spacial score (nSPS) is 10.3. The summed E-state index contributed by atoms with van der Waals surface area (Å²) in [5, 5.41) is 3.23. The first-order valence-corrected chi connectivity index (χ1v) is 7.66. The number of ether oxygens (including phenoxy) is 1. The molecule has 0 aliphatic heterocycles. The van der Waals surface area contributed by atoms with Crippen LogP contribution in [0, 0.1) is 6.92 Å². The van der Waals surface area contributed by atoms with E-state index in [0.717, 1.165) is 18.0 Å². The summed E-state index contributed by atoms with van der Waals surface area (Å²) in [6.45, 7) is 5.31. The molecule has 0 saturated heterocycles. The number of nitrogens with zero attached hydrogens (tertiary/aromatic N) is 2. The first kappa shape index (κ1) is 14.7. The maximum atomic E-state index is 5.41. The molecule has 1 heterocycles. The lowest BCUT2D eigenvalue weighted by Crippen LogP contribution is -2.09. The van der Waals surface area contributed by atoms with Gasteiger partial charge in [-0.3, -0.25) is 0 Å². The van der Waals surface area contributed by atoms with Gasteiger partial charge in [-0.1, -0.05) is 18.2 Å². The van der Waals surface area contributed by atoms with E-state index in [1.807, 2.05) is 49.9 Å². The van der Waals surface area contributed by atoms with Gasteiger partial charge in [0.15, 0.2) is 0 Å². The fraction of sp³-hybridized carbons (Fsp3) is 0.333. The van der Waals surface area contributed by atoms with Crippen LogP contribution in [0.3, 0.4) is 0 Å². The lowest BCUT2D eigenvalue weighted by atomic mass is 10.4. The molecule has 2 rings (SSSR count). The van der Waals surface area contributed by atoms with Gasteiger partial charge in [-0.15, -0.1) is 11.8 Å². The van der Waals surface area contributed by atoms with E-state index in [4.69, 9.17) is 4.74 Å². The Bertz CT molecular complexity index is 534. The number of aromatic nitrogens is 2. The summed E-state index contributed by atoms with van der Waals surface area (Å²) in [5.74, 6) is 2.21. The predicted molar refractivity (Wildman–Crippen MR) is 83.6 cm³/mol. The van der Waals surface area contributed by atoms with E-state index >= 15 is 0 Å². The van der Waals surface area contributed by atoms with Crippen molar-refractivity contribution in [1.29, 1.82) is 0 Å². The first-order chi connectivity index (χ1) is 9.78. The van der Waals surface area contributed by atoms with Crippen LogP contribution in [-0.4, -0.2) is 28.9 Å². The second kappa shape index (κ2) is 7.75. The monoisotopic (exact) mass is 289 g/mol. The lowest BCUT2D eigenvalue weighted by Gasteiger charge is -2.08. The van der Waals surface area contributed by atoms with Crippen molar-refractivity contribution >= 4 is 17.7 Å². The summed E-state index contributed by atoms with van der Waals surface area (Å²) in [7, 11) is 0. The van der Waals surface area contributed by atoms with Crippen LogP contribution in [0.5, 0.6) is 5.88 Å². The van der Waals surface area contributed by atoms with Crippen molar-refractivity contribution in [2.45, 2.75) is 18.7 Å². The summed E-state index contributed by atoms with van der Waals surface area (Å²) in [6.07, 6.45) is 0. The topological polar surface area (TPSA) is 47.0 Å². The van der Waals surface area contributed by atoms with E-state index in [1.54, 1.807) is 0 Å². The zero-order valence-corrected chi connectivity index (χ0v) is 12.6. The van der Waals surface area contributed by atoms with Crippen LogP contribution in [0.4, 0.5) is 5.95 Å². The third-order valence-corrected chi connectivity index (χ3v) is 3.53. The molecule has 0 amide bonds. The first-order valence-electron chi connectivity index (χ1n) is 6.68. The number of hydrogen-bond donors (Lipinski definition) is 1. The standard InChI is InChI=1S/C15H19N3OS/c1-3-19-14-11-12(2)17-15(18-14)16-9-10-20-13-7-5-4-6-8-13/h4-8,11H,3,9-10H2,1-2H3,(H,16,17,18). The molecule has 1 aromatic carbocycles. The Morgan fingerprint density at radius 2 is 2.00 bits per heavy atom. The van der Waals surface area contributed by atoms with Crippen molar-refractivity contribution in [1.82, 2.24) is 9.97 Å². The summed E-state index contributed by atoms with van der Waals surface area (Å²) in [5.41, 5.74) is 0.904. The number of hydrogen-bond acceptors (Lipinski definition) is 5. The van der Waals surface area contributed by atoms with Crippen molar-refractivity contribution in [2.75, 3.05) is 24.2 Å². The largest absolute Gasteiger partial charge is 0.478 e. The second-order valence-electron chi connectivity index (χ2n) is 4.19. The van der Waals surface area contributed by atoms with Gasteiger partial charge in [0.25, 0.3) is 0 Å². The van der Waals surface area contributed by atoms with Crippen molar-refractivity contribution in [3.63, 3.8) is 0 Å². The molecule has 1 N–H and O–H groups in total. The van der Waals surface area contributed by atoms with Gasteiger partial charge in [0.05, 0.1) is 6.61 Å². The highest BCUT2D eigenvalue weighted by molar-refractivity contribution is 7.99. The summed E-state index contributed by atoms with van der Waals surface area (Å²) in [4.78, 5) is 9.94. The van der Waals surface area contributed by atoms with Gasteiger partial charge in [-0.2, -0.15) is 4.98 Å². The van der Waals surface area contributed by atoms with Crippen molar-refractivity contribution in [3.8, 4) is 5.88 Å². The molecular weight excluding hydrogens is 270 g/mol. The van der Waals surface area contributed by atoms with Gasteiger partial charge in [-0.25, -0.2) is 4.98 Å². The molecular formula is C15H19N3OS. The smallest absolute Gasteiger partial charge is 0.226 e. The number of benzene rings is 1. The molecule has 5 heteroatoms. The molecule has 0 atom stereocenters. The van der Waals surface area contributed by atoms with E-state index in [1.165, 1.54) is 4.90 Å². The number of aryl methyl sites for hydroxylation is 1. The number of nitrogens with one attached hydrogen (secondary N) is 1. The van der Waals surface area contributed by atoms with Crippen molar-refractivity contribution in [2.24, 2.45) is 0 Å².